The molecule has 142 valence electrons. The molecule has 0 bridgehead atoms. The van der Waals surface area contributed by atoms with E-state index in [4.69, 9.17) is 5.73 Å². The molecule has 1 saturated heterocycles. The summed E-state index contributed by atoms with van der Waals surface area (Å²) in [4.78, 5) is 34.7. The molecule has 0 radical (unpaired) electrons. The van der Waals surface area contributed by atoms with Crippen LogP contribution >= 0.6 is 0 Å². The van der Waals surface area contributed by atoms with E-state index in [0.29, 0.717) is 24.8 Å². The third kappa shape index (κ3) is 5.57. The molecular formula is C18H21F3N2O3. The second-order valence-electron chi connectivity index (χ2n) is 6.52. The number of rotatable bonds is 6. The first-order valence-electron chi connectivity index (χ1n) is 8.43. The highest BCUT2D eigenvalue weighted by Gasteiger charge is 2.43. The Hall–Kier alpha value is -2.38. The van der Waals surface area contributed by atoms with Gasteiger partial charge in [0.25, 0.3) is 0 Å². The number of Topliss-reactive ketones (excluding diaryl/α,β-unsaturated/α-hetero) is 1. The number of carbonyl (C=O) groups is 3. The average Bonchev–Trinajstić information content (AvgIpc) is 2.59. The molecule has 0 aliphatic carbocycles. The summed E-state index contributed by atoms with van der Waals surface area (Å²) in [7, 11) is 0. The Labute approximate surface area is 149 Å². The second-order valence-corrected chi connectivity index (χ2v) is 6.52. The lowest BCUT2D eigenvalue weighted by Crippen LogP contribution is -2.45. The van der Waals surface area contributed by atoms with Gasteiger partial charge in [-0.05, 0) is 30.7 Å². The van der Waals surface area contributed by atoms with Crippen LogP contribution in [0.15, 0.2) is 24.3 Å². The molecule has 0 saturated carbocycles. The SMILES string of the molecule is NC(=O)CCC(=O)c1ccc(CC2CCN(C(=O)C(F)(F)F)CC2)cc1. The monoisotopic (exact) mass is 370 g/mol. The molecule has 0 spiro atoms. The van der Waals surface area contributed by atoms with Gasteiger partial charge in [0.1, 0.15) is 0 Å². The number of primary amides is 1. The Morgan fingerprint density at radius 3 is 2.12 bits per heavy atom. The highest BCUT2D eigenvalue weighted by Crippen LogP contribution is 2.26. The van der Waals surface area contributed by atoms with Crippen LogP contribution in [0.4, 0.5) is 13.2 Å². The first-order chi connectivity index (χ1) is 12.2. The Kier molecular flexibility index (Phi) is 6.39. The fourth-order valence-corrected chi connectivity index (χ4v) is 3.06. The minimum atomic E-state index is -4.82. The Morgan fingerprint density at radius 2 is 1.62 bits per heavy atom. The number of nitrogens with two attached hydrogens (primary N) is 1. The number of alkyl halides is 3. The Balaban J connectivity index is 1.84. The van der Waals surface area contributed by atoms with Crippen molar-refractivity contribution in [3.8, 4) is 0 Å². The summed E-state index contributed by atoms with van der Waals surface area (Å²) in [5.74, 6) is -2.25. The largest absolute Gasteiger partial charge is 0.471 e. The first-order valence-corrected chi connectivity index (χ1v) is 8.43. The third-order valence-corrected chi connectivity index (χ3v) is 4.54. The van der Waals surface area contributed by atoms with Gasteiger partial charge < -0.3 is 10.6 Å². The molecule has 2 N–H and O–H groups in total. The van der Waals surface area contributed by atoms with E-state index < -0.39 is 18.0 Å². The van der Waals surface area contributed by atoms with Crippen LogP contribution in [0.1, 0.15) is 41.6 Å². The van der Waals surface area contributed by atoms with Crippen molar-refractivity contribution in [3.63, 3.8) is 0 Å². The zero-order chi connectivity index (χ0) is 19.3. The number of amides is 2. The van der Waals surface area contributed by atoms with Gasteiger partial charge in [0, 0.05) is 31.5 Å². The van der Waals surface area contributed by atoms with E-state index in [0.717, 1.165) is 10.5 Å². The van der Waals surface area contributed by atoms with Crippen LogP contribution in [0.5, 0.6) is 0 Å². The summed E-state index contributed by atoms with van der Waals surface area (Å²) >= 11 is 0. The predicted octanol–water partition coefficient (Wildman–Crippen LogP) is 2.48. The number of piperidine rings is 1. The van der Waals surface area contributed by atoms with Crippen molar-refractivity contribution < 1.29 is 27.6 Å². The summed E-state index contributed by atoms with van der Waals surface area (Å²) in [6, 6.07) is 6.98. The number of halogens is 3. The molecule has 1 fully saturated rings. The van der Waals surface area contributed by atoms with E-state index in [-0.39, 0.29) is 37.6 Å². The van der Waals surface area contributed by atoms with Crippen molar-refractivity contribution in [1.29, 1.82) is 0 Å². The highest BCUT2D eigenvalue weighted by atomic mass is 19.4. The zero-order valence-corrected chi connectivity index (χ0v) is 14.2. The topological polar surface area (TPSA) is 80.5 Å². The molecule has 1 aromatic carbocycles. The van der Waals surface area contributed by atoms with E-state index in [2.05, 4.69) is 0 Å². The van der Waals surface area contributed by atoms with Crippen LogP contribution < -0.4 is 5.73 Å². The maximum Gasteiger partial charge on any atom is 0.471 e. The molecule has 1 aromatic rings. The van der Waals surface area contributed by atoms with Crippen molar-refractivity contribution in [2.75, 3.05) is 13.1 Å². The maximum absolute atomic E-state index is 12.4. The van der Waals surface area contributed by atoms with Crippen LogP contribution in [0.2, 0.25) is 0 Å². The minimum absolute atomic E-state index is 0.00973. The van der Waals surface area contributed by atoms with E-state index in [1.807, 2.05) is 12.1 Å². The molecular weight excluding hydrogens is 349 g/mol. The van der Waals surface area contributed by atoms with Gasteiger partial charge in [0.15, 0.2) is 5.78 Å². The summed E-state index contributed by atoms with van der Waals surface area (Å²) in [6.45, 7) is 0.208. The molecule has 26 heavy (non-hydrogen) atoms. The first kappa shape index (κ1) is 19.9. The average molecular weight is 370 g/mol. The van der Waals surface area contributed by atoms with Crippen LogP contribution in [0, 0.1) is 5.92 Å². The summed E-state index contributed by atoms with van der Waals surface area (Å²) in [5.41, 5.74) is 6.51. The van der Waals surface area contributed by atoms with E-state index in [9.17, 15) is 27.6 Å². The molecule has 1 aliphatic rings. The van der Waals surface area contributed by atoms with Gasteiger partial charge >= 0.3 is 12.1 Å². The molecule has 1 heterocycles. The van der Waals surface area contributed by atoms with Gasteiger partial charge in [-0.2, -0.15) is 13.2 Å². The molecule has 5 nitrogen and oxygen atoms in total. The van der Waals surface area contributed by atoms with Gasteiger partial charge in [-0.1, -0.05) is 24.3 Å². The summed E-state index contributed by atoms with van der Waals surface area (Å²) in [6.07, 6.45) is -3.02. The summed E-state index contributed by atoms with van der Waals surface area (Å²) in [5, 5.41) is 0. The second kappa shape index (κ2) is 8.33. The summed E-state index contributed by atoms with van der Waals surface area (Å²) < 4.78 is 37.3. The van der Waals surface area contributed by atoms with Crippen molar-refractivity contribution in [2.24, 2.45) is 11.7 Å². The Morgan fingerprint density at radius 1 is 1.04 bits per heavy atom. The molecule has 0 unspecified atom stereocenters. The van der Waals surface area contributed by atoms with E-state index >= 15 is 0 Å². The molecule has 0 atom stereocenters. The van der Waals surface area contributed by atoms with Crippen LogP contribution in [-0.4, -0.2) is 41.8 Å². The van der Waals surface area contributed by atoms with Crippen molar-refractivity contribution in [3.05, 3.63) is 35.4 Å². The van der Waals surface area contributed by atoms with Crippen LogP contribution in [0.25, 0.3) is 0 Å². The maximum atomic E-state index is 12.4. The molecule has 1 aliphatic heterocycles. The fourth-order valence-electron chi connectivity index (χ4n) is 3.06. The quantitative estimate of drug-likeness (QED) is 0.781. The standard InChI is InChI=1S/C18H21F3N2O3/c19-18(20,21)17(26)23-9-7-13(8-10-23)11-12-1-3-14(4-2-12)15(24)5-6-16(22)25/h1-4,13H,5-11H2,(H2,22,25). The lowest BCUT2D eigenvalue weighted by molar-refractivity contribution is -0.186. The number of carbonyl (C=O) groups excluding carboxylic acids is 3. The van der Waals surface area contributed by atoms with Gasteiger partial charge in [-0.25, -0.2) is 0 Å². The van der Waals surface area contributed by atoms with Crippen molar-refractivity contribution in [2.45, 2.75) is 38.3 Å². The van der Waals surface area contributed by atoms with Gasteiger partial charge in [-0.3, -0.25) is 14.4 Å². The van der Waals surface area contributed by atoms with Crippen LogP contribution in [-0.2, 0) is 16.0 Å². The predicted molar refractivity (Wildman–Crippen MR) is 88.3 cm³/mol. The normalized spacial score (nSPS) is 15.7. The molecule has 2 amide bonds. The number of nitrogens with zero attached hydrogens (tertiary/aromatic N) is 1. The number of benzene rings is 1. The lowest BCUT2D eigenvalue weighted by atomic mass is 9.89. The zero-order valence-electron chi connectivity index (χ0n) is 14.2. The fraction of sp³-hybridized carbons (Fsp3) is 0.500. The van der Waals surface area contributed by atoms with Crippen molar-refractivity contribution >= 4 is 17.6 Å². The van der Waals surface area contributed by atoms with E-state index in [1.165, 1.54) is 0 Å². The molecule has 2 rings (SSSR count). The number of likely N-dealkylation sites (tertiary alicyclic amines) is 1. The van der Waals surface area contributed by atoms with Gasteiger partial charge in [-0.15, -0.1) is 0 Å². The van der Waals surface area contributed by atoms with Crippen LogP contribution in [0.3, 0.4) is 0 Å². The number of hydrogen-bond acceptors (Lipinski definition) is 3. The van der Waals surface area contributed by atoms with Gasteiger partial charge in [0.2, 0.25) is 5.91 Å². The number of hydrogen-bond donors (Lipinski definition) is 1. The van der Waals surface area contributed by atoms with E-state index in [1.54, 1.807) is 12.1 Å². The smallest absolute Gasteiger partial charge is 0.370 e. The molecule has 8 heteroatoms. The third-order valence-electron chi connectivity index (χ3n) is 4.54. The lowest BCUT2D eigenvalue weighted by Gasteiger charge is -2.32. The molecule has 0 aromatic heterocycles. The minimum Gasteiger partial charge on any atom is -0.370 e. The number of ketones is 1. The van der Waals surface area contributed by atoms with Gasteiger partial charge in [0.05, 0.1) is 0 Å². The Bertz CT molecular complexity index is 663. The highest BCUT2D eigenvalue weighted by molar-refractivity contribution is 5.97. The van der Waals surface area contributed by atoms with Crippen molar-refractivity contribution in [1.82, 2.24) is 4.90 Å².